The van der Waals surface area contributed by atoms with Gasteiger partial charge in [0.1, 0.15) is 5.03 Å². The average Bonchev–Trinajstić information content (AvgIpc) is 2.58. The van der Waals surface area contributed by atoms with E-state index < -0.39 is 22.5 Å². The van der Waals surface area contributed by atoms with Gasteiger partial charge in [-0.2, -0.15) is 0 Å². The second-order valence-corrected chi connectivity index (χ2v) is 6.82. The molecule has 2 rings (SSSR count). The fourth-order valence-electron chi connectivity index (χ4n) is 2.03. The van der Waals surface area contributed by atoms with E-state index in [1.165, 1.54) is 31.5 Å². The molecular formula is C16H16ClFN2O3S. The van der Waals surface area contributed by atoms with Crippen LogP contribution in [-0.2, 0) is 17.3 Å². The summed E-state index contributed by atoms with van der Waals surface area (Å²) in [6, 6.07) is 5.85. The normalized spacial score (nSPS) is 11.8. The predicted octanol–water partition coefficient (Wildman–Crippen LogP) is 2.94. The number of hydrogen-bond donors (Lipinski definition) is 1. The maximum absolute atomic E-state index is 13.7. The molecule has 2 aromatic rings. The zero-order valence-electron chi connectivity index (χ0n) is 13.1. The Labute approximate surface area is 146 Å². The van der Waals surface area contributed by atoms with Crippen LogP contribution >= 0.6 is 11.6 Å². The van der Waals surface area contributed by atoms with E-state index in [1.54, 1.807) is 13.0 Å². The van der Waals surface area contributed by atoms with Crippen molar-refractivity contribution in [2.45, 2.75) is 18.5 Å². The van der Waals surface area contributed by atoms with Crippen LogP contribution in [0.25, 0.3) is 0 Å². The van der Waals surface area contributed by atoms with Gasteiger partial charge >= 0.3 is 0 Å². The quantitative estimate of drug-likeness (QED) is 0.848. The molecule has 1 aromatic heterocycles. The summed E-state index contributed by atoms with van der Waals surface area (Å²) >= 11 is 6.06. The van der Waals surface area contributed by atoms with Gasteiger partial charge in [-0.1, -0.05) is 24.6 Å². The number of amides is 1. The Morgan fingerprint density at radius 2 is 2.17 bits per heavy atom. The van der Waals surface area contributed by atoms with Crippen molar-refractivity contribution in [2.24, 2.45) is 0 Å². The topological polar surface area (TPSA) is 68.3 Å². The third kappa shape index (κ3) is 4.10. The van der Waals surface area contributed by atoms with Crippen molar-refractivity contribution >= 4 is 28.3 Å². The minimum Gasteiger partial charge on any atom is -0.494 e. The molecule has 5 nitrogen and oxygen atoms in total. The first-order valence-corrected chi connectivity index (χ1v) is 8.81. The third-order valence-corrected chi connectivity index (χ3v) is 4.82. The molecule has 0 saturated carbocycles. The molecule has 0 radical (unpaired) electrons. The fraction of sp³-hybridized carbons (Fsp3) is 0.250. The standard InChI is InChI=1S/C16H16ClFN2O3S/c1-3-24(22)16-14(11(17)6-7-19-16)15(21)20-9-10-4-5-13(23-2)12(18)8-10/h4-8H,3,9H2,1-2H3,(H,20,21). The number of ether oxygens (including phenoxy) is 1. The number of carbonyl (C=O) groups excluding carboxylic acids is 1. The highest BCUT2D eigenvalue weighted by atomic mass is 35.5. The van der Waals surface area contributed by atoms with E-state index in [0.717, 1.165) is 0 Å². The largest absolute Gasteiger partial charge is 0.494 e. The predicted molar refractivity (Wildman–Crippen MR) is 90.3 cm³/mol. The van der Waals surface area contributed by atoms with Gasteiger partial charge in [-0.3, -0.25) is 9.00 Å². The highest BCUT2D eigenvalue weighted by molar-refractivity contribution is 7.85. The van der Waals surface area contributed by atoms with Crippen molar-refractivity contribution in [3.05, 3.63) is 52.4 Å². The summed E-state index contributed by atoms with van der Waals surface area (Å²) < 4.78 is 30.5. The Bertz CT molecular complexity index is 786. The molecule has 0 aliphatic heterocycles. The zero-order valence-corrected chi connectivity index (χ0v) is 14.7. The van der Waals surface area contributed by atoms with E-state index in [0.29, 0.717) is 11.3 Å². The maximum atomic E-state index is 13.7. The number of benzene rings is 1. The van der Waals surface area contributed by atoms with Crippen LogP contribution in [-0.4, -0.2) is 28.0 Å². The lowest BCUT2D eigenvalue weighted by atomic mass is 10.2. The molecule has 1 aromatic carbocycles. The van der Waals surface area contributed by atoms with Crippen LogP contribution in [0, 0.1) is 5.82 Å². The summed E-state index contributed by atoms with van der Waals surface area (Å²) in [4.78, 5) is 16.4. The lowest BCUT2D eigenvalue weighted by Gasteiger charge is -2.11. The van der Waals surface area contributed by atoms with E-state index in [2.05, 4.69) is 10.3 Å². The molecule has 0 bridgehead atoms. The number of halogens is 2. The smallest absolute Gasteiger partial charge is 0.255 e. The van der Waals surface area contributed by atoms with Crippen LogP contribution in [0.3, 0.4) is 0 Å². The summed E-state index contributed by atoms with van der Waals surface area (Å²) in [6.45, 7) is 1.81. The number of rotatable bonds is 6. The number of pyridine rings is 1. The summed E-state index contributed by atoms with van der Waals surface area (Å²) in [6.07, 6.45) is 1.40. The fourth-order valence-corrected chi connectivity index (χ4v) is 3.20. The lowest BCUT2D eigenvalue weighted by molar-refractivity contribution is 0.0947. The summed E-state index contributed by atoms with van der Waals surface area (Å²) in [5, 5.41) is 2.94. The molecule has 128 valence electrons. The average molecular weight is 371 g/mol. The minimum atomic E-state index is -1.42. The molecular weight excluding hydrogens is 355 g/mol. The van der Waals surface area contributed by atoms with E-state index >= 15 is 0 Å². The van der Waals surface area contributed by atoms with Gasteiger partial charge in [-0.05, 0) is 23.8 Å². The summed E-state index contributed by atoms with van der Waals surface area (Å²) in [5.41, 5.74) is 0.633. The van der Waals surface area contributed by atoms with Crippen molar-refractivity contribution in [3.63, 3.8) is 0 Å². The molecule has 8 heteroatoms. The van der Waals surface area contributed by atoms with Crippen molar-refractivity contribution < 1.29 is 18.1 Å². The van der Waals surface area contributed by atoms with Crippen molar-refractivity contribution in [1.29, 1.82) is 0 Å². The molecule has 1 N–H and O–H groups in total. The van der Waals surface area contributed by atoms with Gasteiger partial charge in [-0.15, -0.1) is 0 Å². The van der Waals surface area contributed by atoms with Gasteiger partial charge in [-0.25, -0.2) is 9.37 Å². The van der Waals surface area contributed by atoms with Gasteiger partial charge < -0.3 is 10.1 Å². The van der Waals surface area contributed by atoms with E-state index in [9.17, 15) is 13.4 Å². The highest BCUT2D eigenvalue weighted by Crippen LogP contribution is 2.21. The monoisotopic (exact) mass is 370 g/mol. The number of aromatic nitrogens is 1. The number of nitrogens with one attached hydrogen (secondary N) is 1. The Morgan fingerprint density at radius 1 is 1.42 bits per heavy atom. The van der Waals surface area contributed by atoms with Crippen LogP contribution in [0.2, 0.25) is 5.02 Å². The molecule has 0 saturated heterocycles. The molecule has 0 spiro atoms. The molecule has 1 heterocycles. The first-order valence-electron chi connectivity index (χ1n) is 7.11. The number of hydrogen-bond acceptors (Lipinski definition) is 4. The number of carbonyl (C=O) groups is 1. The zero-order chi connectivity index (χ0) is 17.7. The maximum Gasteiger partial charge on any atom is 0.255 e. The van der Waals surface area contributed by atoms with Gasteiger partial charge in [0.15, 0.2) is 11.6 Å². The Balaban J connectivity index is 2.19. The van der Waals surface area contributed by atoms with Gasteiger partial charge in [0.05, 0.1) is 28.5 Å². The van der Waals surface area contributed by atoms with Crippen molar-refractivity contribution in [2.75, 3.05) is 12.9 Å². The molecule has 0 fully saturated rings. The molecule has 1 atom stereocenters. The van der Waals surface area contributed by atoms with Crippen LogP contribution in [0.15, 0.2) is 35.5 Å². The summed E-state index contributed by atoms with van der Waals surface area (Å²) in [7, 11) is -0.0471. The van der Waals surface area contributed by atoms with Crippen LogP contribution in [0.5, 0.6) is 5.75 Å². The molecule has 0 aliphatic rings. The van der Waals surface area contributed by atoms with Crippen molar-refractivity contribution in [1.82, 2.24) is 10.3 Å². The SMILES string of the molecule is CCS(=O)c1nccc(Cl)c1C(=O)NCc1ccc(OC)c(F)c1. The molecule has 24 heavy (non-hydrogen) atoms. The first kappa shape index (κ1) is 18.4. The van der Waals surface area contributed by atoms with Gasteiger partial charge in [0.2, 0.25) is 0 Å². The second kappa shape index (κ2) is 8.21. The van der Waals surface area contributed by atoms with E-state index in [4.69, 9.17) is 16.3 Å². The molecule has 1 amide bonds. The second-order valence-electron chi connectivity index (χ2n) is 4.76. The number of methoxy groups -OCH3 is 1. The number of nitrogens with zero attached hydrogens (tertiary/aromatic N) is 1. The Kier molecular flexibility index (Phi) is 6.28. The third-order valence-electron chi connectivity index (χ3n) is 3.24. The minimum absolute atomic E-state index is 0.0772. The van der Waals surface area contributed by atoms with Crippen LogP contribution < -0.4 is 10.1 Å². The van der Waals surface area contributed by atoms with Crippen LogP contribution in [0.4, 0.5) is 4.39 Å². The van der Waals surface area contributed by atoms with Crippen LogP contribution in [0.1, 0.15) is 22.8 Å². The van der Waals surface area contributed by atoms with Gasteiger partial charge in [0, 0.05) is 18.5 Å². The summed E-state index contributed by atoms with van der Waals surface area (Å²) in [5.74, 6) is -0.587. The Morgan fingerprint density at radius 3 is 2.79 bits per heavy atom. The molecule has 1 unspecified atom stereocenters. The van der Waals surface area contributed by atoms with E-state index in [-0.39, 0.29) is 27.9 Å². The van der Waals surface area contributed by atoms with Crippen molar-refractivity contribution in [3.8, 4) is 5.75 Å². The highest BCUT2D eigenvalue weighted by Gasteiger charge is 2.20. The first-order chi connectivity index (χ1) is 11.5. The Hall–Kier alpha value is -1.99. The lowest BCUT2D eigenvalue weighted by Crippen LogP contribution is -2.25. The molecule has 0 aliphatic carbocycles. The van der Waals surface area contributed by atoms with Gasteiger partial charge in [0.25, 0.3) is 5.91 Å². The van der Waals surface area contributed by atoms with E-state index in [1.807, 2.05) is 0 Å².